The molecule has 0 bridgehead atoms. The molecule has 0 aliphatic rings. The van der Waals surface area contributed by atoms with E-state index in [2.05, 4.69) is 5.32 Å². The molecule has 2 rings (SSSR count). The summed E-state index contributed by atoms with van der Waals surface area (Å²) >= 11 is 0. The van der Waals surface area contributed by atoms with Crippen molar-refractivity contribution in [3.05, 3.63) is 48.0 Å². The summed E-state index contributed by atoms with van der Waals surface area (Å²) in [5.41, 5.74) is 1.44. The maximum Gasteiger partial charge on any atom is 0.224 e. The first-order chi connectivity index (χ1) is 12.4. The van der Waals surface area contributed by atoms with Gasteiger partial charge in [-0.15, -0.1) is 0 Å². The highest BCUT2D eigenvalue weighted by Crippen LogP contribution is 2.25. The molecule has 0 heterocycles. The zero-order valence-electron chi connectivity index (χ0n) is 15.1. The van der Waals surface area contributed by atoms with Crippen molar-refractivity contribution >= 4 is 21.4 Å². The van der Waals surface area contributed by atoms with Gasteiger partial charge >= 0.3 is 0 Å². The second-order valence-electron chi connectivity index (χ2n) is 5.65. The summed E-state index contributed by atoms with van der Waals surface area (Å²) in [4.78, 5) is 12.4. The molecule has 0 aromatic heterocycles. The van der Waals surface area contributed by atoms with Gasteiger partial charge in [0.1, 0.15) is 11.5 Å². The molecule has 1 N–H and O–H groups in total. The summed E-state index contributed by atoms with van der Waals surface area (Å²) in [6.45, 7) is 1.60. The van der Waals surface area contributed by atoms with Gasteiger partial charge in [-0.3, -0.25) is 4.79 Å². The van der Waals surface area contributed by atoms with Gasteiger partial charge in [0.05, 0.1) is 24.9 Å². The fourth-order valence-electron chi connectivity index (χ4n) is 2.46. The van der Waals surface area contributed by atoms with Crippen molar-refractivity contribution in [3.8, 4) is 11.5 Å². The highest BCUT2D eigenvalue weighted by molar-refractivity contribution is 7.91. The van der Waals surface area contributed by atoms with Gasteiger partial charge in [0.25, 0.3) is 0 Å². The Balaban J connectivity index is 1.99. The standard InChI is InChI=1S/C19H23NO5S/c1-4-26(22,23)17-9-6-15(7-10-17)20-19(21)12-5-14-13-16(24-2)8-11-18(14)25-3/h6-11,13H,4-5,12H2,1-3H3,(H,20,21). The van der Waals surface area contributed by atoms with Crippen molar-refractivity contribution in [1.82, 2.24) is 0 Å². The third-order valence-corrected chi connectivity index (χ3v) is 5.74. The SMILES string of the molecule is CCS(=O)(=O)c1ccc(NC(=O)CCc2cc(OC)ccc2OC)cc1. The number of rotatable bonds is 8. The van der Waals surface area contributed by atoms with Crippen molar-refractivity contribution in [2.24, 2.45) is 0 Å². The van der Waals surface area contributed by atoms with Gasteiger partial charge < -0.3 is 14.8 Å². The summed E-state index contributed by atoms with van der Waals surface area (Å²) in [7, 11) is -0.0778. The van der Waals surface area contributed by atoms with Crippen molar-refractivity contribution < 1.29 is 22.7 Å². The largest absolute Gasteiger partial charge is 0.497 e. The third kappa shape index (κ3) is 4.98. The van der Waals surface area contributed by atoms with E-state index in [1.165, 1.54) is 12.1 Å². The zero-order chi connectivity index (χ0) is 19.2. The van der Waals surface area contributed by atoms with Crippen LogP contribution in [0.3, 0.4) is 0 Å². The third-order valence-electron chi connectivity index (χ3n) is 3.99. The number of nitrogens with one attached hydrogen (secondary N) is 1. The molecule has 7 heteroatoms. The lowest BCUT2D eigenvalue weighted by atomic mass is 10.1. The fourth-order valence-corrected chi connectivity index (χ4v) is 3.35. The minimum absolute atomic E-state index is 0.0427. The number of carbonyl (C=O) groups excluding carboxylic acids is 1. The number of ether oxygens (including phenoxy) is 2. The summed E-state index contributed by atoms with van der Waals surface area (Å²) in [5, 5.41) is 2.77. The molecule has 0 aliphatic carbocycles. The topological polar surface area (TPSA) is 81.7 Å². The number of hydrogen-bond acceptors (Lipinski definition) is 5. The van der Waals surface area contributed by atoms with Crippen LogP contribution in [-0.2, 0) is 21.1 Å². The van der Waals surface area contributed by atoms with Gasteiger partial charge in [0.15, 0.2) is 9.84 Å². The Morgan fingerprint density at radius 3 is 2.31 bits per heavy atom. The molecule has 0 radical (unpaired) electrons. The van der Waals surface area contributed by atoms with Crippen molar-refractivity contribution in [1.29, 1.82) is 0 Å². The van der Waals surface area contributed by atoms with Gasteiger partial charge in [0.2, 0.25) is 5.91 Å². The summed E-state index contributed by atoms with van der Waals surface area (Å²) in [6.07, 6.45) is 0.757. The minimum Gasteiger partial charge on any atom is -0.497 e. The first-order valence-corrected chi connectivity index (χ1v) is 9.88. The number of amides is 1. The van der Waals surface area contributed by atoms with Crippen LogP contribution in [0.25, 0.3) is 0 Å². The van der Waals surface area contributed by atoms with Crippen LogP contribution in [0.4, 0.5) is 5.69 Å². The van der Waals surface area contributed by atoms with Crippen molar-refractivity contribution in [2.45, 2.75) is 24.7 Å². The lowest BCUT2D eigenvalue weighted by Gasteiger charge is -2.11. The average molecular weight is 377 g/mol. The molecule has 0 saturated carbocycles. The molecule has 2 aromatic carbocycles. The molecule has 0 aliphatic heterocycles. The highest BCUT2D eigenvalue weighted by Gasteiger charge is 2.12. The molecule has 0 atom stereocenters. The van der Waals surface area contributed by atoms with Crippen LogP contribution in [0.5, 0.6) is 11.5 Å². The Labute approximate surface area is 154 Å². The van der Waals surface area contributed by atoms with Gasteiger partial charge in [-0.1, -0.05) is 6.92 Å². The minimum atomic E-state index is -3.24. The number of sulfone groups is 1. The second-order valence-corrected chi connectivity index (χ2v) is 7.93. The van der Waals surface area contributed by atoms with Gasteiger partial charge in [-0.25, -0.2) is 8.42 Å². The fraction of sp³-hybridized carbons (Fsp3) is 0.316. The van der Waals surface area contributed by atoms with E-state index in [1.54, 1.807) is 45.4 Å². The predicted molar refractivity (Wildman–Crippen MR) is 101 cm³/mol. The van der Waals surface area contributed by atoms with E-state index in [1.807, 2.05) is 6.07 Å². The molecular formula is C19H23NO5S. The molecule has 0 spiro atoms. The quantitative estimate of drug-likeness (QED) is 0.765. The maximum atomic E-state index is 12.2. The smallest absolute Gasteiger partial charge is 0.224 e. The Morgan fingerprint density at radius 2 is 1.73 bits per heavy atom. The first kappa shape index (κ1) is 19.8. The van der Waals surface area contributed by atoms with Crippen LogP contribution in [0.15, 0.2) is 47.4 Å². The number of aryl methyl sites for hydroxylation is 1. The Bertz CT molecular complexity index is 860. The van der Waals surface area contributed by atoms with Crippen LogP contribution < -0.4 is 14.8 Å². The van der Waals surface area contributed by atoms with Crippen LogP contribution in [0.1, 0.15) is 18.9 Å². The van der Waals surface area contributed by atoms with Crippen LogP contribution >= 0.6 is 0 Å². The second kappa shape index (κ2) is 8.71. The molecule has 2 aromatic rings. The van der Waals surface area contributed by atoms with E-state index < -0.39 is 9.84 Å². The normalized spacial score (nSPS) is 11.0. The van der Waals surface area contributed by atoms with E-state index in [0.29, 0.717) is 23.6 Å². The predicted octanol–water partition coefficient (Wildman–Crippen LogP) is 3.07. The number of benzene rings is 2. The Morgan fingerprint density at radius 1 is 1.04 bits per heavy atom. The van der Waals surface area contributed by atoms with Gasteiger partial charge in [0, 0.05) is 12.1 Å². The lowest BCUT2D eigenvalue weighted by molar-refractivity contribution is -0.116. The van der Waals surface area contributed by atoms with Crippen LogP contribution in [0, 0.1) is 0 Å². The Hall–Kier alpha value is -2.54. The summed E-state index contributed by atoms with van der Waals surface area (Å²) in [6, 6.07) is 11.6. The van der Waals surface area contributed by atoms with E-state index in [4.69, 9.17) is 9.47 Å². The number of anilines is 1. The Kier molecular flexibility index (Phi) is 6.63. The summed E-state index contributed by atoms with van der Waals surface area (Å²) < 4.78 is 34.1. The van der Waals surface area contributed by atoms with Crippen molar-refractivity contribution in [2.75, 3.05) is 25.3 Å². The van der Waals surface area contributed by atoms with E-state index >= 15 is 0 Å². The van der Waals surface area contributed by atoms with Crippen LogP contribution in [-0.4, -0.2) is 34.3 Å². The molecule has 6 nitrogen and oxygen atoms in total. The van der Waals surface area contributed by atoms with E-state index in [0.717, 1.165) is 5.56 Å². The van der Waals surface area contributed by atoms with E-state index in [9.17, 15) is 13.2 Å². The van der Waals surface area contributed by atoms with Gasteiger partial charge in [-0.2, -0.15) is 0 Å². The first-order valence-electron chi connectivity index (χ1n) is 8.23. The van der Waals surface area contributed by atoms with E-state index in [-0.39, 0.29) is 23.0 Å². The maximum absolute atomic E-state index is 12.2. The number of carbonyl (C=O) groups is 1. The van der Waals surface area contributed by atoms with Crippen molar-refractivity contribution in [3.63, 3.8) is 0 Å². The lowest BCUT2D eigenvalue weighted by Crippen LogP contribution is -2.13. The van der Waals surface area contributed by atoms with Crippen LogP contribution in [0.2, 0.25) is 0 Å². The molecule has 0 saturated heterocycles. The number of methoxy groups -OCH3 is 2. The molecule has 1 amide bonds. The zero-order valence-corrected chi connectivity index (χ0v) is 15.9. The number of hydrogen-bond donors (Lipinski definition) is 1. The molecule has 140 valence electrons. The van der Waals surface area contributed by atoms with Gasteiger partial charge in [-0.05, 0) is 54.4 Å². The molecule has 0 unspecified atom stereocenters. The molecular weight excluding hydrogens is 354 g/mol. The monoisotopic (exact) mass is 377 g/mol. The summed E-state index contributed by atoms with van der Waals surface area (Å²) in [5.74, 6) is 1.28. The molecule has 26 heavy (non-hydrogen) atoms. The highest BCUT2D eigenvalue weighted by atomic mass is 32.2. The average Bonchev–Trinajstić information content (AvgIpc) is 2.66. The molecule has 0 fully saturated rings.